The van der Waals surface area contributed by atoms with E-state index in [2.05, 4.69) is 11.9 Å². The molecule has 0 aromatic heterocycles. The number of sulfonamides is 1. The van der Waals surface area contributed by atoms with Crippen LogP contribution in [0.25, 0.3) is 0 Å². The number of hydrogen-bond donors (Lipinski definition) is 2. The van der Waals surface area contributed by atoms with Gasteiger partial charge < -0.3 is 10.4 Å². The number of halogens is 2. The minimum absolute atomic E-state index is 0.0255. The largest absolute Gasteiger partial charge is 0.387 e. The van der Waals surface area contributed by atoms with E-state index in [1.807, 2.05) is 0 Å². The molecular formula is C24H22ClFN2O4S. The van der Waals surface area contributed by atoms with Gasteiger partial charge in [0.1, 0.15) is 5.82 Å². The van der Waals surface area contributed by atoms with E-state index >= 15 is 0 Å². The molecule has 0 aliphatic carbocycles. The Morgan fingerprint density at radius 1 is 1.12 bits per heavy atom. The smallest absolute Gasteiger partial charge is 0.264 e. The van der Waals surface area contributed by atoms with Crippen molar-refractivity contribution in [2.24, 2.45) is 0 Å². The van der Waals surface area contributed by atoms with Gasteiger partial charge in [-0.15, -0.1) is 6.58 Å². The van der Waals surface area contributed by atoms with Gasteiger partial charge in [-0.05, 0) is 48.0 Å². The molecule has 0 saturated heterocycles. The van der Waals surface area contributed by atoms with Crippen molar-refractivity contribution in [3.63, 3.8) is 0 Å². The van der Waals surface area contributed by atoms with Gasteiger partial charge in [-0.2, -0.15) is 0 Å². The summed E-state index contributed by atoms with van der Waals surface area (Å²) in [5.74, 6) is -1.09. The number of amides is 1. The summed E-state index contributed by atoms with van der Waals surface area (Å²) in [6, 6.07) is 17.4. The van der Waals surface area contributed by atoms with E-state index in [0.717, 1.165) is 4.31 Å². The predicted molar refractivity (Wildman–Crippen MR) is 126 cm³/mol. The number of carbonyl (C=O) groups is 1. The molecule has 1 amide bonds. The van der Waals surface area contributed by atoms with Crippen LogP contribution in [0, 0.1) is 5.82 Å². The Morgan fingerprint density at radius 3 is 2.55 bits per heavy atom. The lowest BCUT2D eigenvalue weighted by molar-refractivity contribution is 0.0916. The highest BCUT2D eigenvalue weighted by Crippen LogP contribution is 2.30. The third-order valence-corrected chi connectivity index (χ3v) is 6.89. The van der Waals surface area contributed by atoms with Gasteiger partial charge in [-0.25, -0.2) is 12.8 Å². The van der Waals surface area contributed by atoms with Crippen molar-refractivity contribution in [3.8, 4) is 0 Å². The number of carbonyl (C=O) groups excluding carboxylic acids is 1. The molecule has 6 nitrogen and oxygen atoms in total. The molecule has 0 spiro atoms. The molecule has 0 aliphatic heterocycles. The number of nitrogens with zero attached hydrogens (tertiary/aromatic N) is 1. The average molecular weight is 489 g/mol. The summed E-state index contributed by atoms with van der Waals surface area (Å²) >= 11 is 6.21. The highest BCUT2D eigenvalue weighted by Gasteiger charge is 2.26. The number of rotatable bonds is 9. The number of benzene rings is 3. The lowest BCUT2D eigenvalue weighted by atomic mass is 10.1. The Labute approximate surface area is 197 Å². The van der Waals surface area contributed by atoms with Crippen molar-refractivity contribution in [2.75, 3.05) is 17.4 Å². The number of aliphatic hydroxyl groups is 1. The van der Waals surface area contributed by atoms with Crippen LogP contribution in [0.3, 0.4) is 0 Å². The number of hydrogen-bond acceptors (Lipinski definition) is 4. The van der Waals surface area contributed by atoms with E-state index < -0.39 is 27.9 Å². The Hall–Kier alpha value is -3.20. The van der Waals surface area contributed by atoms with Gasteiger partial charge in [0.25, 0.3) is 15.9 Å². The van der Waals surface area contributed by atoms with Crippen molar-refractivity contribution in [2.45, 2.75) is 11.0 Å². The third kappa shape index (κ3) is 5.78. The monoisotopic (exact) mass is 488 g/mol. The fraction of sp³-hybridized carbons (Fsp3) is 0.125. The zero-order chi connectivity index (χ0) is 24.0. The first-order valence-electron chi connectivity index (χ1n) is 9.94. The molecule has 3 aromatic rings. The standard InChI is InChI=1S/C24H22ClFN2O4S/c1-2-13-28(22-12-4-3-11-21(22)25)33(31,32)20-10-6-8-18(15-20)24(30)27-16-23(29)17-7-5-9-19(26)14-17/h2-12,14-15,23,29H,1,13,16H2,(H,27,30). The van der Waals surface area contributed by atoms with Gasteiger partial charge in [0.05, 0.1) is 28.3 Å². The van der Waals surface area contributed by atoms with Crippen LogP contribution in [0.4, 0.5) is 10.1 Å². The maximum absolute atomic E-state index is 13.3. The van der Waals surface area contributed by atoms with Crippen molar-refractivity contribution in [1.29, 1.82) is 0 Å². The Kier molecular flexibility index (Phi) is 7.86. The second-order valence-corrected chi connectivity index (χ2v) is 9.35. The minimum atomic E-state index is -4.07. The molecule has 0 aliphatic rings. The van der Waals surface area contributed by atoms with Crippen LogP contribution in [0.5, 0.6) is 0 Å². The fourth-order valence-corrected chi connectivity index (χ4v) is 4.93. The SMILES string of the molecule is C=CCN(c1ccccc1Cl)S(=O)(=O)c1cccc(C(=O)NCC(O)c2cccc(F)c2)c1. The summed E-state index contributed by atoms with van der Waals surface area (Å²) < 4.78 is 41.1. The van der Waals surface area contributed by atoms with Crippen LogP contribution in [0.15, 0.2) is 90.3 Å². The van der Waals surface area contributed by atoms with Crippen LogP contribution in [0.2, 0.25) is 5.02 Å². The van der Waals surface area contributed by atoms with E-state index in [-0.39, 0.29) is 34.3 Å². The van der Waals surface area contributed by atoms with Crippen LogP contribution < -0.4 is 9.62 Å². The summed E-state index contributed by atoms with van der Waals surface area (Å²) in [7, 11) is -4.07. The first-order valence-corrected chi connectivity index (χ1v) is 11.8. The highest BCUT2D eigenvalue weighted by atomic mass is 35.5. The molecule has 3 rings (SSSR count). The summed E-state index contributed by atoms with van der Waals surface area (Å²) in [4.78, 5) is 12.5. The first-order chi connectivity index (χ1) is 15.7. The predicted octanol–water partition coefficient (Wildman–Crippen LogP) is 4.32. The zero-order valence-corrected chi connectivity index (χ0v) is 19.1. The second kappa shape index (κ2) is 10.6. The molecule has 172 valence electrons. The van der Waals surface area contributed by atoms with Gasteiger partial charge in [0.2, 0.25) is 0 Å². The van der Waals surface area contributed by atoms with Gasteiger partial charge in [0, 0.05) is 12.1 Å². The quantitative estimate of drug-likeness (QED) is 0.439. The van der Waals surface area contributed by atoms with Gasteiger partial charge in [-0.1, -0.05) is 48.0 Å². The van der Waals surface area contributed by atoms with Crippen molar-refractivity contribution < 1.29 is 22.7 Å². The molecular weight excluding hydrogens is 467 g/mol. The normalized spacial score (nSPS) is 12.1. The second-order valence-electron chi connectivity index (χ2n) is 7.08. The number of nitrogens with one attached hydrogen (secondary N) is 1. The van der Waals surface area contributed by atoms with Crippen LogP contribution in [-0.4, -0.2) is 32.5 Å². The number of para-hydroxylation sites is 1. The number of anilines is 1. The molecule has 3 aromatic carbocycles. The average Bonchev–Trinajstić information content (AvgIpc) is 2.81. The molecule has 33 heavy (non-hydrogen) atoms. The van der Waals surface area contributed by atoms with E-state index in [0.29, 0.717) is 5.56 Å². The third-order valence-electron chi connectivity index (χ3n) is 4.79. The van der Waals surface area contributed by atoms with Crippen LogP contribution in [0.1, 0.15) is 22.0 Å². The summed E-state index contributed by atoms with van der Waals surface area (Å²) in [5.41, 5.74) is 0.679. The fourth-order valence-electron chi connectivity index (χ4n) is 3.15. The highest BCUT2D eigenvalue weighted by molar-refractivity contribution is 7.92. The van der Waals surface area contributed by atoms with E-state index in [4.69, 9.17) is 11.6 Å². The lowest BCUT2D eigenvalue weighted by Crippen LogP contribution is -2.32. The molecule has 0 fully saturated rings. The molecule has 0 radical (unpaired) electrons. The van der Waals surface area contributed by atoms with Gasteiger partial charge >= 0.3 is 0 Å². The Morgan fingerprint density at radius 2 is 1.85 bits per heavy atom. The number of aliphatic hydroxyl groups excluding tert-OH is 1. The molecule has 0 bridgehead atoms. The lowest BCUT2D eigenvalue weighted by Gasteiger charge is -2.24. The van der Waals surface area contributed by atoms with Crippen molar-refractivity contribution >= 4 is 33.2 Å². The maximum atomic E-state index is 13.3. The van der Waals surface area contributed by atoms with Gasteiger partial charge in [-0.3, -0.25) is 9.10 Å². The molecule has 1 unspecified atom stereocenters. The van der Waals surface area contributed by atoms with E-state index in [1.165, 1.54) is 54.6 Å². The topological polar surface area (TPSA) is 86.7 Å². The maximum Gasteiger partial charge on any atom is 0.264 e. The van der Waals surface area contributed by atoms with E-state index in [1.54, 1.807) is 24.3 Å². The molecule has 1 atom stereocenters. The van der Waals surface area contributed by atoms with Crippen molar-refractivity contribution in [3.05, 3.63) is 107 Å². The molecule has 0 saturated carbocycles. The van der Waals surface area contributed by atoms with Crippen molar-refractivity contribution in [1.82, 2.24) is 5.32 Å². The Balaban J connectivity index is 1.82. The summed E-state index contributed by atoms with van der Waals surface area (Å²) in [5, 5.41) is 13.0. The minimum Gasteiger partial charge on any atom is -0.387 e. The van der Waals surface area contributed by atoms with E-state index in [9.17, 15) is 22.7 Å². The van der Waals surface area contributed by atoms with Crippen LogP contribution in [-0.2, 0) is 10.0 Å². The summed E-state index contributed by atoms with van der Waals surface area (Å²) in [6.45, 7) is 3.41. The molecule has 9 heteroatoms. The molecule has 2 N–H and O–H groups in total. The molecule has 0 heterocycles. The van der Waals surface area contributed by atoms with Gasteiger partial charge in [0.15, 0.2) is 0 Å². The summed E-state index contributed by atoms with van der Waals surface area (Å²) in [6.07, 6.45) is 0.311. The zero-order valence-electron chi connectivity index (χ0n) is 17.5. The van der Waals surface area contributed by atoms with Crippen LogP contribution >= 0.6 is 11.6 Å². The first kappa shape index (κ1) is 24.4. The Bertz CT molecular complexity index is 1270.